The summed E-state index contributed by atoms with van der Waals surface area (Å²) in [6.07, 6.45) is 4.55. The molecule has 2 N–H and O–H groups in total. The van der Waals surface area contributed by atoms with E-state index in [1.54, 1.807) is 0 Å². The summed E-state index contributed by atoms with van der Waals surface area (Å²) in [6, 6.07) is 0.708. The van der Waals surface area contributed by atoms with Crippen LogP contribution in [0.15, 0.2) is 0 Å². The van der Waals surface area contributed by atoms with E-state index in [2.05, 4.69) is 29.2 Å². The average molecular weight is 255 g/mol. The Morgan fingerprint density at radius 2 is 1.94 bits per heavy atom. The molecule has 0 aromatic rings. The van der Waals surface area contributed by atoms with Gasteiger partial charge in [0.1, 0.15) is 6.04 Å². The summed E-state index contributed by atoms with van der Waals surface area (Å²) >= 11 is 0. The molecule has 0 radical (unpaired) electrons. The van der Waals surface area contributed by atoms with Gasteiger partial charge in [0.25, 0.3) is 0 Å². The van der Waals surface area contributed by atoms with Gasteiger partial charge >= 0.3 is 5.97 Å². The third-order valence-electron chi connectivity index (χ3n) is 4.04. The topological polar surface area (TPSA) is 55.8 Å². The summed E-state index contributed by atoms with van der Waals surface area (Å²) < 4.78 is 0. The van der Waals surface area contributed by atoms with Crippen molar-refractivity contribution in [1.29, 1.82) is 0 Å². The zero-order chi connectivity index (χ0) is 13.1. The summed E-state index contributed by atoms with van der Waals surface area (Å²) in [6.45, 7) is 2.67. The maximum atomic E-state index is 11.2. The van der Waals surface area contributed by atoms with Crippen LogP contribution in [0.25, 0.3) is 0 Å². The Morgan fingerprint density at radius 3 is 2.39 bits per heavy atom. The second-order valence-electron chi connectivity index (χ2n) is 5.83. The van der Waals surface area contributed by atoms with Crippen LogP contribution in [0.2, 0.25) is 0 Å². The van der Waals surface area contributed by atoms with E-state index >= 15 is 0 Å². The monoisotopic (exact) mass is 255 g/mol. The number of piperidine rings is 1. The molecule has 1 saturated heterocycles. The van der Waals surface area contributed by atoms with Crippen LogP contribution in [0.1, 0.15) is 25.7 Å². The molecule has 0 aromatic carbocycles. The number of carbonyl (C=O) groups is 1. The minimum absolute atomic E-state index is 0.395. The first-order chi connectivity index (χ1) is 8.56. The van der Waals surface area contributed by atoms with Gasteiger partial charge in [0.05, 0.1) is 0 Å². The van der Waals surface area contributed by atoms with Gasteiger partial charge in [-0.15, -0.1) is 0 Å². The molecular formula is C13H25N3O2. The molecule has 0 amide bonds. The number of hydrogen-bond acceptors (Lipinski definition) is 4. The van der Waals surface area contributed by atoms with E-state index in [4.69, 9.17) is 0 Å². The van der Waals surface area contributed by atoms with Crippen molar-refractivity contribution in [2.24, 2.45) is 0 Å². The van der Waals surface area contributed by atoms with Crippen molar-refractivity contribution in [3.8, 4) is 0 Å². The van der Waals surface area contributed by atoms with Crippen molar-refractivity contribution in [3.05, 3.63) is 0 Å². The highest BCUT2D eigenvalue weighted by Crippen LogP contribution is 2.20. The fourth-order valence-electron chi connectivity index (χ4n) is 2.61. The van der Waals surface area contributed by atoms with E-state index < -0.39 is 12.0 Å². The van der Waals surface area contributed by atoms with E-state index in [-0.39, 0.29) is 0 Å². The van der Waals surface area contributed by atoms with E-state index in [0.717, 1.165) is 38.8 Å². The molecule has 1 unspecified atom stereocenters. The molecule has 5 heteroatoms. The number of carboxylic acid groups (broad SMARTS) is 1. The van der Waals surface area contributed by atoms with Gasteiger partial charge in [0, 0.05) is 18.6 Å². The molecule has 1 atom stereocenters. The molecule has 1 aliphatic heterocycles. The van der Waals surface area contributed by atoms with E-state index in [0.29, 0.717) is 18.6 Å². The Bertz CT molecular complexity index is 284. The van der Waals surface area contributed by atoms with Crippen molar-refractivity contribution in [2.75, 3.05) is 33.7 Å². The lowest BCUT2D eigenvalue weighted by Crippen LogP contribution is -2.50. The van der Waals surface area contributed by atoms with Crippen molar-refractivity contribution < 1.29 is 9.90 Å². The minimum atomic E-state index is -0.711. The van der Waals surface area contributed by atoms with Crippen molar-refractivity contribution >= 4 is 5.97 Å². The molecule has 1 heterocycles. The quantitative estimate of drug-likeness (QED) is 0.711. The van der Waals surface area contributed by atoms with Crippen molar-refractivity contribution in [2.45, 2.75) is 43.8 Å². The summed E-state index contributed by atoms with van der Waals surface area (Å²) in [4.78, 5) is 15.8. The fourth-order valence-corrected chi connectivity index (χ4v) is 2.61. The van der Waals surface area contributed by atoms with Gasteiger partial charge in [0.15, 0.2) is 0 Å². The first kappa shape index (κ1) is 13.8. The van der Waals surface area contributed by atoms with E-state index in [1.807, 2.05) is 0 Å². The summed E-state index contributed by atoms with van der Waals surface area (Å²) in [7, 11) is 4.24. The Morgan fingerprint density at radius 1 is 1.33 bits per heavy atom. The Hall–Kier alpha value is -0.650. The first-order valence-electron chi connectivity index (χ1n) is 6.94. The minimum Gasteiger partial charge on any atom is -0.480 e. The molecule has 104 valence electrons. The third-order valence-corrected chi connectivity index (χ3v) is 4.04. The summed E-state index contributed by atoms with van der Waals surface area (Å²) in [5, 5.41) is 12.4. The van der Waals surface area contributed by atoms with E-state index in [9.17, 15) is 9.90 Å². The molecular weight excluding hydrogens is 230 g/mol. The van der Waals surface area contributed by atoms with Crippen LogP contribution in [-0.4, -0.2) is 72.7 Å². The number of nitrogens with zero attached hydrogens (tertiary/aromatic N) is 2. The maximum absolute atomic E-state index is 11.2. The van der Waals surface area contributed by atoms with E-state index in [1.165, 1.54) is 0 Å². The van der Waals surface area contributed by atoms with Crippen molar-refractivity contribution in [3.63, 3.8) is 0 Å². The first-order valence-corrected chi connectivity index (χ1v) is 6.94. The molecule has 0 bridgehead atoms. The molecule has 2 fully saturated rings. The maximum Gasteiger partial charge on any atom is 0.322 e. The largest absolute Gasteiger partial charge is 0.480 e. The predicted molar refractivity (Wildman–Crippen MR) is 70.7 cm³/mol. The molecule has 2 rings (SSSR count). The van der Waals surface area contributed by atoms with Gasteiger partial charge in [-0.1, -0.05) is 0 Å². The van der Waals surface area contributed by atoms with Crippen LogP contribution < -0.4 is 5.32 Å². The second kappa shape index (κ2) is 5.99. The van der Waals surface area contributed by atoms with Crippen LogP contribution in [-0.2, 0) is 4.79 Å². The highest BCUT2D eigenvalue weighted by molar-refractivity contribution is 5.73. The second-order valence-corrected chi connectivity index (χ2v) is 5.83. The number of aliphatic carboxylic acids is 1. The number of hydrogen-bond donors (Lipinski definition) is 2. The number of likely N-dealkylation sites (tertiary alicyclic amines) is 1. The lowest BCUT2D eigenvalue weighted by molar-refractivity contribution is -0.140. The average Bonchev–Trinajstić information content (AvgIpc) is 3.12. The molecule has 1 aliphatic carbocycles. The normalized spacial score (nSPS) is 24.4. The number of nitrogens with one attached hydrogen (secondary N) is 1. The predicted octanol–water partition coefficient (Wildman–Crippen LogP) is 0.218. The SMILES string of the molecule is CN(C)C1CCN(CC(NC2CC2)C(=O)O)CC1. The highest BCUT2D eigenvalue weighted by Gasteiger charge is 2.30. The Kier molecular flexibility index (Phi) is 4.59. The molecule has 2 aliphatic rings. The zero-order valence-electron chi connectivity index (χ0n) is 11.4. The van der Waals surface area contributed by atoms with Crippen LogP contribution in [0.5, 0.6) is 0 Å². The fraction of sp³-hybridized carbons (Fsp3) is 0.923. The van der Waals surface area contributed by atoms with Gasteiger partial charge in [-0.3, -0.25) is 4.79 Å². The molecule has 0 aromatic heterocycles. The Labute approximate surface area is 109 Å². The highest BCUT2D eigenvalue weighted by atomic mass is 16.4. The van der Waals surface area contributed by atoms with Gasteiger partial charge in [-0.2, -0.15) is 0 Å². The van der Waals surface area contributed by atoms with Crippen molar-refractivity contribution in [1.82, 2.24) is 15.1 Å². The smallest absolute Gasteiger partial charge is 0.322 e. The summed E-state index contributed by atoms with van der Waals surface area (Å²) in [5.74, 6) is -0.711. The zero-order valence-corrected chi connectivity index (χ0v) is 11.4. The van der Waals surface area contributed by atoms with Gasteiger partial charge in [0.2, 0.25) is 0 Å². The molecule has 0 spiro atoms. The molecule has 18 heavy (non-hydrogen) atoms. The molecule has 1 saturated carbocycles. The van der Waals surface area contributed by atoms with Crippen LogP contribution >= 0.6 is 0 Å². The number of carboxylic acids is 1. The van der Waals surface area contributed by atoms with Crippen LogP contribution in [0, 0.1) is 0 Å². The lowest BCUT2D eigenvalue weighted by atomic mass is 10.0. The van der Waals surface area contributed by atoms with Gasteiger partial charge < -0.3 is 20.2 Å². The lowest BCUT2D eigenvalue weighted by Gasteiger charge is -2.36. The standard InChI is InChI=1S/C13H25N3O2/c1-15(2)11-5-7-16(8-6-11)9-12(13(17)18)14-10-3-4-10/h10-12,14H,3-9H2,1-2H3,(H,17,18). The Balaban J connectivity index is 1.76. The van der Waals surface area contributed by atoms with Crippen LogP contribution in [0.4, 0.5) is 0 Å². The van der Waals surface area contributed by atoms with Gasteiger partial charge in [-0.25, -0.2) is 0 Å². The number of rotatable bonds is 6. The van der Waals surface area contributed by atoms with Crippen LogP contribution in [0.3, 0.4) is 0 Å². The summed E-state index contributed by atoms with van der Waals surface area (Å²) in [5.41, 5.74) is 0. The van der Waals surface area contributed by atoms with Gasteiger partial charge in [-0.05, 0) is 52.9 Å². The third kappa shape index (κ3) is 3.93. The molecule has 5 nitrogen and oxygen atoms in total.